The van der Waals surface area contributed by atoms with Crippen LogP contribution in [-0.4, -0.2) is 30.8 Å². The van der Waals surface area contributed by atoms with Crippen molar-refractivity contribution in [1.29, 1.82) is 0 Å². The molecule has 1 aromatic carbocycles. The molecule has 6 heteroatoms. The molecule has 4 nitrogen and oxygen atoms in total. The number of hydrogen-bond acceptors (Lipinski definition) is 2. The standard InChI is InChI=1S/C14H18ClFN2O2/c15-12-8-10(16)2-3-11(12)14(4-5-14)9-18-13(20)17-6-1-7-19/h2-3,8,19H,1,4-7,9H2,(H2,17,18,20). The first kappa shape index (κ1) is 15.1. The molecule has 0 atom stereocenters. The van der Waals surface area contributed by atoms with Crippen LogP contribution >= 0.6 is 11.6 Å². The van der Waals surface area contributed by atoms with Gasteiger partial charge in [0.1, 0.15) is 5.82 Å². The molecule has 2 rings (SSSR count). The highest BCUT2D eigenvalue weighted by Gasteiger charge is 2.45. The van der Waals surface area contributed by atoms with E-state index < -0.39 is 0 Å². The van der Waals surface area contributed by atoms with Crippen LogP contribution in [0.25, 0.3) is 0 Å². The van der Waals surface area contributed by atoms with E-state index in [2.05, 4.69) is 10.6 Å². The lowest BCUT2D eigenvalue weighted by molar-refractivity contribution is 0.237. The second kappa shape index (κ2) is 6.41. The average molecular weight is 301 g/mol. The number of carbonyl (C=O) groups excluding carboxylic acids is 1. The number of hydrogen-bond donors (Lipinski definition) is 3. The van der Waals surface area contributed by atoms with Crippen molar-refractivity contribution in [2.75, 3.05) is 19.7 Å². The third-order valence-electron chi connectivity index (χ3n) is 3.56. The van der Waals surface area contributed by atoms with Gasteiger partial charge in [-0.05, 0) is 37.0 Å². The van der Waals surface area contributed by atoms with E-state index in [1.165, 1.54) is 12.1 Å². The monoisotopic (exact) mass is 300 g/mol. The zero-order valence-electron chi connectivity index (χ0n) is 11.1. The predicted molar refractivity (Wildman–Crippen MR) is 75.4 cm³/mol. The molecule has 20 heavy (non-hydrogen) atoms. The van der Waals surface area contributed by atoms with E-state index in [0.717, 1.165) is 18.4 Å². The van der Waals surface area contributed by atoms with Gasteiger partial charge in [0.05, 0.1) is 0 Å². The normalized spacial score (nSPS) is 15.8. The van der Waals surface area contributed by atoms with Gasteiger partial charge in [-0.25, -0.2) is 9.18 Å². The number of aliphatic hydroxyl groups excluding tert-OH is 1. The van der Waals surface area contributed by atoms with Gasteiger partial charge in [-0.1, -0.05) is 17.7 Å². The van der Waals surface area contributed by atoms with Gasteiger partial charge in [0.2, 0.25) is 0 Å². The number of rotatable bonds is 6. The van der Waals surface area contributed by atoms with E-state index in [9.17, 15) is 9.18 Å². The largest absolute Gasteiger partial charge is 0.396 e. The van der Waals surface area contributed by atoms with E-state index in [-0.39, 0.29) is 23.9 Å². The number of halogens is 2. The first-order valence-corrected chi connectivity index (χ1v) is 7.03. The van der Waals surface area contributed by atoms with Crippen LogP contribution in [0.1, 0.15) is 24.8 Å². The average Bonchev–Trinajstić information content (AvgIpc) is 3.18. The highest BCUT2D eigenvalue weighted by molar-refractivity contribution is 6.31. The number of urea groups is 1. The minimum atomic E-state index is -0.357. The van der Waals surface area contributed by atoms with Crippen molar-refractivity contribution in [3.63, 3.8) is 0 Å². The summed E-state index contributed by atoms with van der Waals surface area (Å²) in [7, 11) is 0. The molecule has 0 spiro atoms. The SMILES string of the molecule is O=C(NCCCO)NCC1(c2ccc(F)cc2Cl)CC1. The number of aliphatic hydroxyl groups is 1. The van der Waals surface area contributed by atoms with Crippen LogP contribution in [-0.2, 0) is 5.41 Å². The van der Waals surface area contributed by atoms with Crippen LogP contribution in [0, 0.1) is 5.82 Å². The van der Waals surface area contributed by atoms with Crippen molar-refractivity contribution in [3.8, 4) is 0 Å². The Morgan fingerprint density at radius 1 is 1.40 bits per heavy atom. The van der Waals surface area contributed by atoms with Crippen molar-refractivity contribution in [2.45, 2.75) is 24.7 Å². The zero-order valence-corrected chi connectivity index (χ0v) is 11.8. The fourth-order valence-corrected chi connectivity index (χ4v) is 2.57. The summed E-state index contributed by atoms with van der Waals surface area (Å²) in [5.41, 5.74) is 0.718. The molecule has 1 aliphatic rings. The van der Waals surface area contributed by atoms with Gasteiger partial charge in [-0.2, -0.15) is 0 Å². The van der Waals surface area contributed by atoms with Gasteiger partial charge < -0.3 is 15.7 Å². The third kappa shape index (κ3) is 3.61. The highest BCUT2D eigenvalue weighted by atomic mass is 35.5. The van der Waals surface area contributed by atoms with Crippen molar-refractivity contribution in [3.05, 3.63) is 34.6 Å². The molecule has 0 unspecified atom stereocenters. The molecule has 1 aliphatic carbocycles. The Hall–Kier alpha value is -1.33. The fraction of sp³-hybridized carbons (Fsp3) is 0.500. The molecule has 0 aromatic heterocycles. The van der Waals surface area contributed by atoms with Gasteiger partial charge in [0, 0.05) is 30.1 Å². The molecule has 1 fully saturated rings. The molecule has 1 aromatic rings. The zero-order chi connectivity index (χ0) is 14.6. The van der Waals surface area contributed by atoms with Crippen molar-refractivity contribution < 1.29 is 14.3 Å². The number of nitrogens with one attached hydrogen (secondary N) is 2. The predicted octanol–water partition coefficient (Wildman–Crippen LogP) is 2.19. The summed E-state index contributed by atoms with van der Waals surface area (Å²) in [5, 5.41) is 14.5. The summed E-state index contributed by atoms with van der Waals surface area (Å²) >= 11 is 6.08. The number of carbonyl (C=O) groups is 1. The Morgan fingerprint density at radius 3 is 2.75 bits per heavy atom. The lowest BCUT2D eigenvalue weighted by Crippen LogP contribution is -2.40. The van der Waals surface area contributed by atoms with Crippen LogP contribution in [0.3, 0.4) is 0 Å². The lowest BCUT2D eigenvalue weighted by Gasteiger charge is -2.18. The molecule has 2 amide bonds. The van der Waals surface area contributed by atoms with E-state index >= 15 is 0 Å². The maximum atomic E-state index is 13.1. The maximum Gasteiger partial charge on any atom is 0.314 e. The van der Waals surface area contributed by atoms with E-state index in [0.29, 0.717) is 24.5 Å². The maximum absolute atomic E-state index is 13.1. The van der Waals surface area contributed by atoms with Crippen LogP contribution in [0.4, 0.5) is 9.18 Å². The Balaban J connectivity index is 1.90. The summed E-state index contributed by atoms with van der Waals surface area (Å²) in [4.78, 5) is 11.6. The Labute approximate surface area is 122 Å². The van der Waals surface area contributed by atoms with Crippen molar-refractivity contribution >= 4 is 17.6 Å². The summed E-state index contributed by atoms with van der Waals surface area (Å²) < 4.78 is 13.1. The number of benzene rings is 1. The molecular formula is C14H18ClFN2O2. The van der Waals surface area contributed by atoms with Crippen molar-refractivity contribution in [1.82, 2.24) is 10.6 Å². The quantitative estimate of drug-likeness (QED) is 0.705. The van der Waals surface area contributed by atoms with Gasteiger partial charge >= 0.3 is 6.03 Å². The summed E-state index contributed by atoms with van der Waals surface area (Å²) in [6.45, 7) is 0.964. The fourth-order valence-electron chi connectivity index (χ4n) is 2.20. The van der Waals surface area contributed by atoms with Crippen LogP contribution in [0.15, 0.2) is 18.2 Å². The van der Waals surface area contributed by atoms with Crippen LogP contribution < -0.4 is 10.6 Å². The molecule has 3 N–H and O–H groups in total. The second-order valence-electron chi connectivity index (χ2n) is 5.09. The minimum absolute atomic E-state index is 0.0510. The third-order valence-corrected chi connectivity index (χ3v) is 3.88. The molecule has 0 aliphatic heterocycles. The first-order valence-electron chi connectivity index (χ1n) is 6.65. The lowest BCUT2D eigenvalue weighted by atomic mass is 9.96. The van der Waals surface area contributed by atoms with Crippen LogP contribution in [0.5, 0.6) is 0 Å². The molecule has 0 saturated heterocycles. The number of amides is 2. The van der Waals surface area contributed by atoms with Gasteiger partial charge in [-0.15, -0.1) is 0 Å². The van der Waals surface area contributed by atoms with Gasteiger partial charge in [-0.3, -0.25) is 0 Å². The Bertz CT molecular complexity index is 492. The molecule has 0 heterocycles. The van der Waals surface area contributed by atoms with E-state index in [1.54, 1.807) is 6.07 Å². The molecule has 1 saturated carbocycles. The summed E-state index contributed by atoms with van der Waals surface area (Å²) in [6.07, 6.45) is 2.38. The molecule has 110 valence electrons. The Kier molecular flexibility index (Phi) is 4.83. The molecular weight excluding hydrogens is 283 g/mol. The van der Waals surface area contributed by atoms with Gasteiger partial charge in [0.15, 0.2) is 0 Å². The van der Waals surface area contributed by atoms with Crippen molar-refractivity contribution in [2.24, 2.45) is 0 Å². The highest BCUT2D eigenvalue weighted by Crippen LogP contribution is 2.50. The van der Waals surface area contributed by atoms with E-state index in [4.69, 9.17) is 16.7 Å². The van der Waals surface area contributed by atoms with Gasteiger partial charge in [0.25, 0.3) is 0 Å². The Morgan fingerprint density at radius 2 is 2.15 bits per heavy atom. The van der Waals surface area contributed by atoms with E-state index in [1.807, 2.05) is 0 Å². The summed E-state index contributed by atoms with van der Waals surface area (Å²) in [5.74, 6) is -0.357. The topological polar surface area (TPSA) is 61.4 Å². The minimum Gasteiger partial charge on any atom is -0.396 e. The summed E-state index contributed by atoms with van der Waals surface area (Å²) in [6, 6.07) is 4.12. The molecule has 0 radical (unpaired) electrons. The smallest absolute Gasteiger partial charge is 0.314 e. The second-order valence-corrected chi connectivity index (χ2v) is 5.50. The molecule has 0 bridgehead atoms. The first-order chi connectivity index (χ1) is 9.57. The van der Waals surface area contributed by atoms with Crippen LogP contribution in [0.2, 0.25) is 5.02 Å².